The van der Waals surface area contributed by atoms with Crippen LogP contribution in [0, 0.1) is 20.8 Å². The summed E-state index contributed by atoms with van der Waals surface area (Å²) in [4.78, 5) is 12.1. The lowest BCUT2D eigenvalue weighted by Crippen LogP contribution is -2.38. The SMILES string of the molecule is CCN[C@H](C)CNC(=O)CCc1c(C)nn(Cc2ccc(C)cc2)c1C.Cl. The summed E-state index contributed by atoms with van der Waals surface area (Å²) in [6.45, 7) is 12.7. The lowest BCUT2D eigenvalue weighted by molar-refractivity contribution is -0.121. The molecule has 150 valence electrons. The van der Waals surface area contributed by atoms with E-state index in [9.17, 15) is 4.79 Å². The van der Waals surface area contributed by atoms with E-state index in [-0.39, 0.29) is 18.3 Å². The number of aromatic nitrogens is 2. The van der Waals surface area contributed by atoms with Crippen LogP contribution in [0.4, 0.5) is 0 Å². The van der Waals surface area contributed by atoms with Crippen molar-refractivity contribution in [2.75, 3.05) is 13.1 Å². The molecule has 0 aliphatic carbocycles. The zero-order valence-corrected chi connectivity index (χ0v) is 17.9. The number of benzene rings is 1. The van der Waals surface area contributed by atoms with Gasteiger partial charge in [-0.15, -0.1) is 12.4 Å². The van der Waals surface area contributed by atoms with Gasteiger partial charge in [0.05, 0.1) is 12.2 Å². The summed E-state index contributed by atoms with van der Waals surface area (Å²) < 4.78 is 2.04. The Bertz CT molecular complexity index is 725. The fourth-order valence-electron chi connectivity index (χ4n) is 3.13. The van der Waals surface area contributed by atoms with Crippen LogP contribution >= 0.6 is 12.4 Å². The van der Waals surface area contributed by atoms with Crippen molar-refractivity contribution in [2.24, 2.45) is 0 Å². The molecule has 1 atom stereocenters. The molecule has 0 aliphatic rings. The quantitative estimate of drug-likeness (QED) is 0.688. The molecule has 1 aromatic heterocycles. The lowest BCUT2D eigenvalue weighted by atomic mass is 10.1. The zero-order chi connectivity index (χ0) is 19.1. The molecule has 2 aromatic rings. The van der Waals surface area contributed by atoms with Crippen LogP contribution in [0.3, 0.4) is 0 Å². The molecule has 0 fully saturated rings. The van der Waals surface area contributed by atoms with Gasteiger partial charge in [0.25, 0.3) is 0 Å². The second-order valence-corrected chi connectivity index (χ2v) is 7.06. The van der Waals surface area contributed by atoms with Gasteiger partial charge in [-0.1, -0.05) is 36.8 Å². The molecule has 1 aromatic carbocycles. The highest BCUT2D eigenvalue weighted by atomic mass is 35.5. The Labute approximate surface area is 169 Å². The van der Waals surface area contributed by atoms with Crippen molar-refractivity contribution in [2.45, 2.75) is 60.0 Å². The van der Waals surface area contributed by atoms with E-state index in [1.807, 2.05) is 11.6 Å². The number of aryl methyl sites for hydroxylation is 2. The number of carbonyl (C=O) groups is 1. The number of likely N-dealkylation sites (N-methyl/N-ethyl adjacent to an activating group) is 1. The van der Waals surface area contributed by atoms with Gasteiger partial charge in [0.1, 0.15) is 0 Å². The monoisotopic (exact) mass is 392 g/mol. The molecule has 27 heavy (non-hydrogen) atoms. The Balaban J connectivity index is 0.00000364. The number of halogens is 1. The third kappa shape index (κ3) is 7.00. The van der Waals surface area contributed by atoms with Gasteiger partial charge < -0.3 is 10.6 Å². The average molecular weight is 393 g/mol. The van der Waals surface area contributed by atoms with E-state index in [4.69, 9.17) is 0 Å². The maximum absolute atomic E-state index is 12.1. The van der Waals surface area contributed by atoms with Crippen LogP contribution in [0.1, 0.15) is 48.3 Å². The van der Waals surface area contributed by atoms with E-state index in [1.54, 1.807) is 0 Å². The highest BCUT2D eigenvalue weighted by molar-refractivity contribution is 5.85. The number of nitrogens with zero attached hydrogens (tertiary/aromatic N) is 2. The van der Waals surface area contributed by atoms with Gasteiger partial charge >= 0.3 is 0 Å². The van der Waals surface area contributed by atoms with E-state index in [1.165, 1.54) is 16.7 Å². The van der Waals surface area contributed by atoms with Crippen LogP contribution in [0.25, 0.3) is 0 Å². The Hall–Kier alpha value is -1.85. The molecular weight excluding hydrogens is 360 g/mol. The molecule has 2 rings (SSSR count). The molecule has 0 saturated carbocycles. The minimum atomic E-state index is 0. The molecule has 1 amide bonds. The van der Waals surface area contributed by atoms with Gasteiger partial charge in [-0.25, -0.2) is 0 Å². The first-order valence-electron chi connectivity index (χ1n) is 9.49. The molecule has 0 aliphatic heterocycles. The number of nitrogens with one attached hydrogen (secondary N) is 2. The number of rotatable bonds is 9. The predicted octanol–water partition coefficient (Wildman–Crippen LogP) is 3.33. The maximum atomic E-state index is 12.1. The summed E-state index contributed by atoms with van der Waals surface area (Å²) in [7, 11) is 0. The lowest BCUT2D eigenvalue weighted by Gasteiger charge is -2.13. The maximum Gasteiger partial charge on any atom is 0.220 e. The third-order valence-corrected chi connectivity index (χ3v) is 4.74. The van der Waals surface area contributed by atoms with Gasteiger partial charge in [-0.05, 0) is 51.8 Å². The summed E-state index contributed by atoms with van der Waals surface area (Å²) in [5.74, 6) is 0.0971. The summed E-state index contributed by atoms with van der Waals surface area (Å²) >= 11 is 0. The zero-order valence-electron chi connectivity index (χ0n) is 17.1. The smallest absolute Gasteiger partial charge is 0.220 e. The fraction of sp³-hybridized carbons (Fsp3) is 0.524. The molecule has 0 radical (unpaired) electrons. The number of amides is 1. The van der Waals surface area contributed by atoms with Gasteiger partial charge in [0.15, 0.2) is 0 Å². The molecule has 0 spiro atoms. The topological polar surface area (TPSA) is 58.9 Å². The van der Waals surface area contributed by atoms with Crippen molar-refractivity contribution in [3.63, 3.8) is 0 Å². The predicted molar refractivity (Wildman–Crippen MR) is 114 cm³/mol. The Morgan fingerprint density at radius 3 is 2.48 bits per heavy atom. The molecule has 1 heterocycles. The molecule has 0 saturated heterocycles. The second-order valence-electron chi connectivity index (χ2n) is 7.06. The summed E-state index contributed by atoms with van der Waals surface area (Å²) in [5.41, 5.74) is 5.85. The van der Waals surface area contributed by atoms with Crippen molar-refractivity contribution in [3.05, 3.63) is 52.3 Å². The summed E-state index contributed by atoms with van der Waals surface area (Å²) in [6, 6.07) is 8.83. The number of carbonyl (C=O) groups excluding carboxylic acids is 1. The molecule has 2 N–H and O–H groups in total. The van der Waals surface area contributed by atoms with Crippen molar-refractivity contribution in [3.8, 4) is 0 Å². The largest absolute Gasteiger partial charge is 0.355 e. The standard InChI is InChI=1S/C21H32N4O.ClH/c1-6-22-16(3)13-23-21(26)12-11-20-17(4)24-25(18(20)5)14-19-9-7-15(2)8-10-19;/h7-10,16,22H,6,11-14H2,1-5H3,(H,23,26);1H/t16-;/m1./s1. The van der Waals surface area contributed by atoms with E-state index < -0.39 is 0 Å². The summed E-state index contributed by atoms with van der Waals surface area (Å²) in [6.07, 6.45) is 1.23. The van der Waals surface area contributed by atoms with Gasteiger partial charge in [0, 0.05) is 24.7 Å². The van der Waals surface area contributed by atoms with Crippen LogP contribution in [0.5, 0.6) is 0 Å². The summed E-state index contributed by atoms with van der Waals surface area (Å²) in [5, 5.41) is 11.0. The van der Waals surface area contributed by atoms with Gasteiger partial charge in [-0.3, -0.25) is 9.48 Å². The molecule has 0 bridgehead atoms. The molecule has 0 unspecified atom stereocenters. The van der Waals surface area contributed by atoms with Crippen LogP contribution < -0.4 is 10.6 Å². The van der Waals surface area contributed by atoms with E-state index in [0.29, 0.717) is 19.0 Å². The normalized spacial score (nSPS) is 11.7. The third-order valence-electron chi connectivity index (χ3n) is 4.74. The van der Waals surface area contributed by atoms with Crippen molar-refractivity contribution in [1.29, 1.82) is 0 Å². The fourth-order valence-corrected chi connectivity index (χ4v) is 3.13. The van der Waals surface area contributed by atoms with Crippen LogP contribution in [-0.2, 0) is 17.8 Å². The van der Waals surface area contributed by atoms with Crippen LogP contribution in [0.2, 0.25) is 0 Å². The highest BCUT2D eigenvalue weighted by Crippen LogP contribution is 2.17. The molecule has 6 heteroatoms. The first kappa shape index (κ1) is 23.2. The van der Waals surface area contributed by atoms with Crippen molar-refractivity contribution < 1.29 is 4.79 Å². The van der Waals surface area contributed by atoms with Gasteiger partial charge in [-0.2, -0.15) is 5.10 Å². The molecular formula is C21H33ClN4O. The highest BCUT2D eigenvalue weighted by Gasteiger charge is 2.13. The first-order valence-corrected chi connectivity index (χ1v) is 9.49. The molecule has 5 nitrogen and oxygen atoms in total. The minimum Gasteiger partial charge on any atom is -0.355 e. The Morgan fingerprint density at radius 2 is 1.85 bits per heavy atom. The minimum absolute atomic E-state index is 0. The van der Waals surface area contributed by atoms with Crippen LogP contribution in [0.15, 0.2) is 24.3 Å². The Kier molecular flexibility index (Phi) is 9.53. The van der Waals surface area contributed by atoms with Crippen LogP contribution in [-0.4, -0.2) is 34.8 Å². The van der Waals surface area contributed by atoms with E-state index >= 15 is 0 Å². The number of hydrogen-bond donors (Lipinski definition) is 2. The average Bonchev–Trinajstić information content (AvgIpc) is 2.87. The van der Waals surface area contributed by atoms with Crippen molar-refractivity contribution in [1.82, 2.24) is 20.4 Å². The van der Waals surface area contributed by atoms with E-state index in [0.717, 1.165) is 30.9 Å². The second kappa shape index (κ2) is 11.1. The van der Waals surface area contributed by atoms with Gasteiger partial charge in [0.2, 0.25) is 5.91 Å². The van der Waals surface area contributed by atoms with E-state index in [2.05, 4.69) is 67.7 Å². The van der Waals surface area contributed by atoms with Crippen molar-refractivity contribution >= 4 is 18.3 Å². The first-order chi connectivity index (χ1) is 12.4. The Morgan fingerprint density at radius 1 is 1.19 bits per heavy atom. The number of hydrogen-bond acceptors (Lipinski definition) is 3.